The van der Waals surface area contributed by atoms with Crippen LogP contribution in [0.25, 0.3) is 0 Å². The van der Waals surface area contributed by atoms with Crippen molar-refractivity contribution in [3.63, 3.8) is 0 Å². The summed E-state index contributed by atoms with van der Waals surface area (Å²) in [5, 5.41) is 4.82. The molecule has 0 saturated carbocycles. The highest BCUT2D eigenvalue weighted by atomic mass is 35.5. The first-order valence-electron chi connectivity index (χ1n) is 6.64. The maximum atomic E-state index is 6.25. The molecule has 0 aliphatic rings. The maximum absolute atomic E-state index is 6.25. The second kappa shape index (κ2) is 7.58. The summed E-state index contributed by atoms with van der Waals surface area (Å²) in [6.45, 7) is 3.06. The second-order valence-electron chi connectivity index (χ2n) is 4.58. The van der Waals surface area contributed by atoms with Gasteiger partial charge in [-0.1, -0.05) is 36.2 Å². The molecular weight excluding hydrogens is 293 g/mol. The van der Waals surface area contributed by atoms with Crippen LogP contribution in [-0.2, 0) is 6.42 Å². The fourth-order valence-electron chi connectivity index (χ4n) is 2.00. The summed E-state index contributed by atoms with van der Waals surface area (Å²) in [6.07, 6.45) is 6.99. The summed E-state index contributed by atoms with van der Waals surface area (Å²) in [5.74, 6) is 0. The first-order valence-corrected chi connectivity index (χ1v) is 7.39. The van der Waals surface area contributed by atoms with Gasteiger partial charge in [0.1, 0.15) is 0 Å². The lowest BCUT2D eigenvalue weighted by Crippen LogP contribution is -2.25. The van der Waals surface area contributed by atoms with E-state index in [0.717, 1.165) is 30.6 Å². The Bertz CT molecular complexity index is 546. The Balaban J connectivity index is 2.19. The maximum Gasteiger partial charge on any atom is 0.0759 e. The molecule has 2 rings (SSSR count). The number of hydrogen-bond donors (Lipinski definition) is 1. The van der Waals surface area contributed by atoms with Gasteiger partial charge in [-0.25, -0.2) is 0 Å². The summed E-state index contributed by atoms with van der Waals surface area (Å²) >= 11 is 12.2. The molecule has 1 heterocycles. The molecule has 0 spiro atoms. The van der Waals surface area contributed by atoms with Crippen molar-refractivity contribution in [2.75, 3.05) is 6.54 Å². The molecule has 0 bridgehead atoms. The van der Waals surface area contributed by atoms with Gasteiger partial charge >= 0.3 is 0 Å². The molecule has 5 heteroatoms. The molecule has 0 saturated heterocycles. The van der Waals surface area contributed by atoms with Gasteiger partial charge in [0.15, 0.2) is 0 Å². The van der Waals surface area contributed by atoms with Crippen molar-refractivity contribution in [2.45, 2.75) is 25.8 Å². The fourth-order valence-corrected chi connectivity index (χ4v) is 2.48. The van der Waals surface area contributed by atoms with E-state index in [2.05, 4.69) is 22.2 Å². The lowest BCUT2D eigenvalue weighted by molar-refractivity contribution is 0.516. The molecule has 0 amide bonds. The fraction of sp³-hybridized carbons (Fsp3) is 0.333. The zero-order chi connectivity index (χ0) is 14.4. The van der Waals surface area contributed by atoms with E-state index in [0.29, 0.717) is 10.0 Å². The number of benzene rings is 1. The third kappa shape index (κ3) is 4.17. The minimum Gasteiger partial charge on any atom is -0.308 e. The van der Waals surface area contributed by atoms with Gasteiger partial charge in [0.25, 0.3) is 0 Å². The first kappa shape index (κ1) is 15.2. The zero-order valence-electron chi connectivity index (χ0n) is 11.3. The van der Waals surface area contributed by atoms with Gasteiger partial charge in [0.05, 0.1) is 11.7 Å². The van der Waals surface area contributed by atoms with Crippen LogP contribution in [-0.4, -0.2) is 16.5 Å². The minimum atomic E-state index is 0.0994. The van der Waals surface area contributed by atoms with E-state index in [1.54, 1.807) is 24.7 Å². The Kier molecular flexibility index (Phi) is 5.77. The molecule has 2 aromatic rings. The molecule has 1 aromatic heterocycles. The SMILES string of the molecule is CCCNC(Cc1ccc(Cl)cc1Cl)c1cnccn1. The van der Waals surface area contributed by atoms with Gasteiger partial charge in [-0.3, -0.25) is 9.97 Å². The van der Waals surface area contributed by atoms with E-state index < -0.39 is 0 Å². The minimum absolute atomic E-state index is 0.0994. The molecule has 0 aliphatic carbocycles. The van der Waals surface area contributed by atoms with E-state index in [9.17, 15) is 0 Å². The van der Waals surface area contributed by atoms with Crippen LogP contribution in [0, 0.1) is 0 Å². The average molecular weight is 310 g/mol. The molecule has 1 atom stereocenters. The normalized spacial score (nSPS) is 12.3. The van der Waals surface area contributed by atoms with Crippen LogP contribution < -0.4 is 5.32 Å². The summed E-state index contributed by atoms with van der Waals surface area (Å²) in [4.78, 5) is 8.52. The van der Waals surface area contributed by atoms with Crippen molar-refractivity contribution in [1.82, 2.24) is 15.3 Å². The van der Waals surface area contributed by atoms with Crippen LogP contribution >= 0.6 is 23.2 Å². The van der Waals surface area contributed by atoms with Crippen LogP contribution in [0.1, 0.15) is 30.6 Å². The van der Waals surface area contributed by atoms with Gasteiger partial charge < -0.3 is 5.32 Å². The smallest absolute Gasteiger partial charge is 0.0759 e. The van der Waals surface area contributed by atoms with Gasteiger partial charge in [-0.05, 0) is 37.1 Å². The van der Waals surface area contributed by atoms with E-state index in [1.165, 1.54) is 0 Å². The number of aromatic nitrogens is 2. The summed E-state index contributed by atoms with van der Waals surface area (Å²) < 4.78 is 0. The van der Waals surface area contributed by atoms with Crippen molar-refractivity contribution >= 4 is 23.2 Å². The topological polar surface area (TPSA) is 37.8 Å². The van der Waals surface area contributed by atoms with Crippen molar-refractivity contribution in [2.24, 2.45) is 0 Å². The molecule has 1 unspecified atom stereocenters. The largest absolute Gasteiger partial charge is 0.308 e. The predicted molar refractivity (Wildman–Crippen MR) is 83.2 cm³/mol. The third-order valence-corrected chi connectivity index (χ3v) is 3.61. The third-order valence-electron chi connectivity index (χ3n) is 3.02. The molecule has 0 fully saturated rings. The van der Waals surface area contributed by atoms with Gasteiger partial charge in [0, 0.05) is 28.6 Å². The van der Waals surface area contributed by atoms with E-state index in [-0.39, 0.29) is 6.04 Å². The van der Waals surface area contributed by atoms with E-state index >= 15 is 0 Å². The van der Waals surface area contributed by atoms with E-state index in [1.807, 2.05) is 12.1 Å². The number of nitrogens with zero attached hydrogens (tertiary/aromatic N) is 2. The second-order valence-corrected chi connectivity index (χ2v) is 5.42. The Morgan fingerprint density at radius 2 is 2.10 bits per heavy atom. The van der Waals surface area contributed by atoms with Gasteiger partial charge in [0.2, 0.25) is 0 Å². The Morgan fingerprint density at radius 1 is 1.25 bits per heavy atom. The molecule has 3 nitrogen and oxygen atoms in total. The summed E-state index contributed by atoms with van der Waals surface area (Å²) in [7, 11) is 0. The van der Waals surface area contributed by atoms with Crippen LogP contribution in [0.5, 0.6) is 0 Å². The quantitative estimate of drug-likeness (QED) is 0.874. The molecule has 1 N–H and O–H groups in total. The van der Waals surface area contributed by atoms with Crippen LogP contribution in [0.4, 0.5) is 0 Å². The number of rotatable bonds is 6. The van der Waals surface area contributed by atoms with Crippen LogP contribution in [0.2, 0.25) is 10.0 Å². The zero-order valence-corrected chi connectivity index (χ0v) is 12.8. The van der Waals surface area contributed by atoms with Gasteiger partial charge in [-0.2, -0.15) is 0 Å². The number of nitrogens with one attached hydrogen (secondary N) is 1. The highest BCUT2D eigenvalue weighted by Gasteiger charge is 2.15. The highest BCUT2D eigenvalue weighted by molar-refractivity contribution is 6.35. The first-order chi connectivity index (χ1) is 9.70. The monoisotopic (exact) mass is 309 g/mol. The summed E-state index contributed by atoms with van der Waals surface area (Å²) in [5.41, 5.74) is 1.97. The lowest BCUT2D eigenvalue weighted by Gasteiger charge is -2.18. The average Bonchev–Trinajstić information content (AvgIpc) is 2.46. The number of hydrogen-bond acceptors (Lipinski definition) is 3. The van der Waals surface area contributed by atoms with Crippen molar-refractivity contribution in [3.8, 4) is 0 Å². The number of halogens is 2. The van der Waals surface area contributed by atoms with Crippen molar-refractivity contribution in [1.29, 1.82) is 0 Å². The van der Waals surface area contributed by atoms with Crippen LogP contribution in [0.15, 0.2) is 36.8 Å². The standard InChI is InChI=1S/C15H17Cl2N3/c1-2-5-19-14(15-10-18-6-7-20-15)8-11-3-4-12(16)9-13(11)17/h3-4,6-7,9-10,14,19H,2,5,8H2,1H3. The molecule has 0 aliphatic heterocycles. The molecule has 20 heavy (non-hydrogen) atoms. The van der Waals surface area contributed by atoms with E-state index in [4.69, 9.17) is 23.2 Å². The van der Waals surface area contributed by atoms with Crippen molar-refractivity contribution < 1.29 is 0 Å². The van der Waals surface area contributed by atoms with Gasteiger partial charge in [-0.15, -0.1) is 0 Å². The van der Waals surface area contributed by atoms with Crippen molar-refractivity contribution in [3.05, 3.63) is 58.1 Å². The molecule has 0 radical (unpaired) electrons. The van der Waals surface area contributed by atoms with Crippen LogP contribution in [0.3, 0.4) is 0 Å². The lowest BCUT2D eigenvalue weighted by atomic mass is 10.0. The Hall–Kier alpha value is -1.16. The predicted octanol–water partition coefficient (Wildman–Crippen LogP) is 4.07. The highest BCUT2D eigenvalue weighted by Crippen LogP contribution is 2.25. The molecule has 106 valence electrons. The molecule has 1 aromatic carbocycles. The Morgan fingerprint density at radius 3 is 2.75 bits per heavy atom. The Labute approximate surface area is 129 Å². The molecular formula is C15H17Cl2N3. The summed E-state index contributed by atoms with van der Waals surface area (Å²) in [6, 6.07) is 5.69.